The lowest BCUT2D eigenvalue weighted by molar-refractivity contribution is -0.139. The van der Waals surface area contributed by atoms with Crippen molar-refractivity contribution in [3.05, 3.63) is 27.1 Å². The molecule has 0 aromatic heterocycles. The van der Waals surface area contributed by atoms with Crippen LogP contribution in [0.25, 0.3) is 0 Å². The number of hydrogen-bond acceptors (Lipinski definition) is 2. The van der Waals surface area contributed by atoms with Crippen LogP contribution < -0.4 is 10.6 Å². The Morgan fingerprint density at radius 3 is 2.65 bits per heavy atom. The lowest BCUT2D eigenvalue weighted by atomic mass is 10.1. The molecule has 0 heterocycles. The molecule has 0 saturated carbocycles. The molecule has 0 saturated heterocycles. The molecule has 110 valence electrons. The topological polar surface area (TPSA) is 78.4 Å². The summed E-state index contributed by atoms with van der Waals surface area (Å²) in [5, 5.41) is 14.1. The van der Waals surface area contributed by atoms with E-state index in [2.05, 4.69) is 42.5 Å². The third kappa shape index (κ3) is 5.50. The van der Waals surface area contributed by atoms with Crippen molar-refractivity contribution in [3.8, 4) is 0 Å². The third-order valence-electron chi connectivity index (χ3n) is 2.63. The number of nitrogens with one attached hydrogen (secondary N) is 2. The summed E-state index contributed by atoms with van der Waals surface area (Å²) in [6.07, 6.45) is 2.04. The summed E-state index contributed by atoms with van der Waals surface area (Å²) in [6, 6.07) is 3.93. The highest BCUT2D eigenvalue weighted by atomic mass is 79.9. The lowest BCUT2D eigenvalue weighted by Crippen LogP contribution is -2.43. The number of carboxylic acid groups (broad SMARTS) is 1. The number of aliphatic carboxylic acids is 1. The summed E-state index contributed by atoms with van der Waals surface area (Å²) >= 11 is 6.62. The Kier molecular flexibility index (Phi) is 7.01. The van der Waals surface area contributed by atoms with Crippen molar-refractivity contribution < 1.29 is 14.7 Å². The highest BCUT2D eigenvalue weighted by Gasteiger charge is 2.19. The summed E-state index contributed by atoms with van der Waals surface area (Å²) in [7, 11) is 0. The van der Waals surface area contributed by atoms with Crippen molar-refractivity contribution in [2.45, 2.75) is 32.2 Å². The van der Waals surface area contributed by atoms with E-state index in [1.807, 2.05) is 13.0 Å². The van der Waals surface area contributed by atoms with Crippen molar-refractivity contribution in [2.75, 3.05) is 5.32 Å². The second-order valence-corrected chi connectivity index (χ2v) is 6.03. The fourth-order valence-corrected chi connectivity index (χ4v) is 2.28. The minimum absolute atomic E-state index is 0.416. The quantitative estimate of drug-likeness (QED) is 0.667. The number of carbonyl (C=O) groups excluding carboxylic acids is 1. The highest BCUT2D eigenvalue weighted by Crippen LogP contribution is 2.26. The summed E-state index contributed by atoms with van der Waals surface area (Å²) in [4.78, 5) is 22.9. The molecule has 2 amide bonds. The molecule has 0 radical (unpaired) electrons. The van der Waals surface area contributed by atoms with Gasteiger partial charge in [-0.05, 0) is 40.5 Å². The molecule has 0 aliphatic rings. The summed E-state index contributed by atoms with van der Waals surface area (Å²) in [6.45, 7) is 1.97. The number of anilines is 1. The van der Waals surface area contributed by atoms with Crippen LogP contribution in [-0.4, -0.2) is 23.1 Å². The van der Waals surface area contributed by atoms with E-state index >= 15 is 0 Å². The van der Waals surface area contributed by atoms with E-state index in [-0.39, 0.29) is 0 Å². The van der Waals surface area contributed by atoms with Gasteiger partial charge in [0, 0.05) is 8.95 Å². The second-order valence-electron chi connectivity index (χ2n) is 4.26. The van der Waals surface area contributed by atoms with Crippen molar-refractivity contribution in [3.63, 3.8) is 0 Å². The van der Waals surface area contributed by atoms with Gasteiger partial charge in [-0.3, -0.25) is 0 Å². The first-order valence-corrected chi connectivity index (χ1v) is 7.78. The number of rotatable bonds is 6. The smallest absolute Gasteiger partial charge is 0.326 e. The zero-order valence-corrected chi connectivity index (χ0v) is 14.1. The molecule has 1 aromatic carbocycles. The first kappa shape index (κ1) is 17.0. The number of carbonyl (C=O) groups is 2. The zero-order chi connectivity index (χ0) is 15.1. The van der Waals surface area contributed by atoms with Gasteiger partial charge in [0.1, 0.15) is 6.04 Å². The van der Waals surface area contributed by atoms with E-state index in [0.29, 0.717) is 12.1 Å². The molecule has 1 atom stereocenters. The monoisotopic (exact) mass is 406 g/mol. The molecule has 0 fully saturated rings. The van der Waals surface area contributed by atoms with E-state index in [9.17, 15) is 9.59 Å². The predicted octanol–water partition coefficient (Wildman–Crippen LogP) is 3.98. The predicted molar refractivity (Wildman–Crippen MR) is 84.9 cm³/mol. The van der Waals surface area contributed by atoms with Crippen LogP contribution in [-0.2, 0) is 4.79 Å². The van der Waals surface area contributed by atoms with Gasteiger partial charge in [0.15, 0.2) is 0 Å². The van der Waals surface area contributed by atoms with Gasteiger partial charge < -0.3 is 15.7 Å². The molecule has 0 aliphatic carbocycles. The van der Waals surface area contributed by atoms with Crippen LogP contribution >= 0.6 is 31.9 Å². The molecule has 0 unspecified atom stereocenters. The normalized spacial score (nSPS) is 11.8. The first-order chi connectivity index (χ1) is 9.43. The largest absolute Gasteiger partial charge is 0.480 e. The maximum Gasteiger partial charge on any atom is 0.326 e. The zero-order valence-electron chi connectivity index (χ0n) is 11.0. The lowest BCUT2D eigenvalue weighted by Gasteiger charge is -2.15. The molecule has 5 nitrogen and oxygen atoms in total. The van der Waals surface area contributed by atoms with Crippen LogP contribution in [0.2, 0.25) is 0 Å². The Balaban J connectivity index is 2.65. The molecule has 0 spiro atoms. The average Bonchev–Trinajstić information content (AvgIpc) is 2.38. The van der Waals surface area contributed by atoms with E-state index in [0.717, 1.165) is 21.8 Å². The summed E-state index contributed by atoms with van der Waals surface area (Å²) < 4.78 is 1.54. The van der Waals surface area contributed by atoms with E-state index in [4.69, 9.17) is 5.11 Å². The van der Waals surface area contributed by atoms with Crippen LogP contribution in [0.4, 0.5) is 10.5 Å². The summed E-state index contributed by atoms with van der Waals surface area (Å²) in [5.74, 6) is -1.03. The number of hydrogen-bond donors (Lipinski definition) is 3. The number of unbranched alkanes of at least 4 members (excludes halogenated alkanes) is 1. The first-order valence-electron chi connectivity index (χ1n) is 6.19. The maximum atomic E-state index is 11.8. The van der Waals surface area contributed by atoms with Crippen molar-refractivity contribution in [1.82, 2.24) is 5.32 Å². The van der Waals surface area contributed by atoms with Gasteiger partial charge in [0.2, 0.25) is 0 Å². The molecular formula is C13H16Br2N2O3. The van der Waals surface area contributed by atoms with E-state index in [1.54, 1.807) is 12.1 Å². The molecule has 1 aromatic rings. The number of amides is 2. The van der Waals surface area contributed by atoms with Gasteiger partial charge in [0.05, 0.1) is 5.69 Å². The minimum Gasteiger partial charge on any atom is -0.480 e. The number of halogens is 2. The fraction of sp³-hybridized carbons (Fsp3) is 0.385. The highest BCUT2D eigenvalue weighted by molar-refractivity contribution is 9.11. The van der Waals surface area contributed by atoms with Gasteiger partial charge >= 0.3 is 12.0 Å². The molecule has 7 heteroatoms. The van der Waals surface area contributed by atoms with Crippen molar-refractivity contribution in [2.24, 2.45) is 0 Å². The summed E-state index contributed by atoms with van der Waals surface area (Å²) in [5.41, 5.74) is 0.566. The molecule has 0 aliphatic heterocycles. The van der Waals surface area contributed by atoms with Crippen molar-refractivity contribution in [1.29, 1.82) is 0 Å². The SMILES string of the molecule is CCCC[C@H](NC(=O)Nc1cc(Br)ccc1Br)C(=O)O. The maximum absolute atomic E-state index is 11.8. The van der Waals surface area contributed by atoms with Crippen LogP contribution in [0, 0.1) is 0 Å². The Hall–Kier alpha value is -1.08. The third-order valence-corrected chi connectivity index (χ3v) is 3.81. The number of carboxylic acids is 1. The fourth-order valence-electron chi connectivity index (χ4n) is 1.58. The Bertz CT molecular complexity index is 495. The van der Waals surface area contributed by atoms with E-state index < -0.39 is 18.0 Å². The van der Waals surface area contributed by atoms with Gasteiger partial charge in [0.25, 0.3) is 0 Å². The van der Waals surface area contributed by atoms with Gasteiger partial charge in [-0.2, -0.15) is 0 Å². The number of urea groups is 1. The molecule has 0 bridgehead atoms. The molecule has 1 rings (SSSR count). The van der Waals surface area contributed by atoms with Crippen LogP contribution in [0.3, 0.4) is 0 Å². The van der Waals surface area contributed by atoms with Crippen molar-refractivity contribution >= 4 is 49.5 Å². The Morgan fingerprint density at radius 1 is 1.35 bits per heavy atom. The van der Waals surface area contributed by atoms with Crippen LogP contribution in [0.15, 0.2) is 27.1 Å². The molecule has 3 N–H and O–H groups in total. The molecular weight excluding hydrogens is 392 g/mol. The average molecular weight is 408 g/mol. The van der Waals surface area contributed by atoms with Crippen LogP contribution in [0.5, 0.6) is 0 Å². The standard InChI is InChI=1S/C13H16Br2N2O3/c1-2-3-4-10(12(18)19)16-13(20)17-11-7-8(14)5-6-9(11)15/h5-7,10H,2-4H2,1H3,(H,18,19)(H2,16,17,20)/t10-/m0/s1. The van der Waals surface area contributed by atoms with E-state index in [1.165, 1.54) is 0 Å². The van der Waals surface area contributed by atoms with Gasteiger partial charge in [-0.15, -0.1) is 0 Å². The van der Waals surface area contributed by atoms with Gasteiger partial charge in [-0.1, -0.05) is 35.7 Å². The Morgan fingerprint density at radius 2 is 2.05 bits per heavy atom. The van der Waals surface area contributed by atoms with Crippen LogP contribution in [0.1, 0.15) is 26.2 Å². The van der Waals surface area contributed by atoms with Gasteiger partial charge in [-0.25, -0.2) is 9.59 Å². The Labute approximate surface area is 134 Å². The molecule has 20 heavy (non-hydrogen) atoms. The minimum atomic E-state index is -1.03. The number of benzene rings is 1. The second kappa shape index (κ2) is 8.26.